The largest absolute Gasteiger partial charge is 0.464 e. The topological polar surface area (TPSA) is 33.4 Å². The van der Waals surface area contributed by atoms with Crippen LogP contribution in [0, 0.1) is 5.82 Å². The Morgan fingerprint density at radius 1 is 1.15 bits per heavy atom. The first-order valence-electron chi connectivity index (χ1n) is 6.24. The van der Waals surface area contributed by atoms with E-state index < -0.39 is 11.9 Å². The van der Waals surface area contributed by atoms with Crippen LogP contribution in [0.5, 0.6) is 0 Å². The first kappa shape index (κ1) is 13.2. The third-order valence-electron chi connectivity index (χ3n) is 3.31. The molecule has 0 aliphatic rings. The molecule has 3 aromatic rings. The van der Waals surface area contributed by atoms with Gasteiger partial charge in [-0.3, -0.25) is 0 Å². The lowest BCUT2D eigenvalue weighted by atomic mass is 10.0. The number of hydrogen-bond acceptors (Lipinski definition) is 2. The van der Waals surface area contributed by atoms with E-state index in [-0.39, 0.29) is 11.4 Å². The van der Waals surface area contributed by atoms with Gasteiger partial charge in [-0.1, -0.05) is 41.9 Å². The average molecular weight is 291 g/mol. The van der Waals surface area contributed by atoms with Gasteiger partial charge in [0, 0.05) is 17.4 Å². The third kappa shape index (κ3) is 2.30. The van der Waals surface area contributed by atoms with Crippen molar-refractivity contribution >= 4 is 22.6 Å². The molecule has 20 heavy (non-hydrogen) atoms. The maximum atomic E-state index is 13.4. The van der Waals surface area contributed by atoms with Crippen LogP contribution < -0.4 is 0 Å². The van der Waals surface area contributed by atoms with E-state index in [0.717, 1.165) is 5.39 Å². The Morgan fingerprint density at radius 2 is 1.95 bits per heavy atom. The predicted octanol–water partition coefficient (Wildman–Crippen LogP) is 4.50. The third-order valence-corrected chi connectivity index (χ3v) is 3.74. The molecule has 2 nitrogen and oxygen atoms in total. The van der Waals surface area contributed by atoms with Crippen molar-refractivity contribution in [3.63, 3.8) is 0 Å². The number of benzene rings is 2. The second-order valence-corrected chi connectivity index (χ2v) is 5.00. The molecule has 1 aromatic heterocycles. The molecule has 0 aliphatic heterocycles. The predicted molar refractivity (Wildman–Crippen MR) is 76.3 cm³/mol. The van der Waals surface area contributed by atoms with E-state index >= 15 is 0 Å². The smallest absolute Gasteiger partial charge is 0.142 e. The summed E-state index contributed by atoms with van der Waals surface area (Å²) in [5.74, 6) is -0.478. The number of aliphatic hydroxyl groups is 1. The van der Waals surface area contributed by atoms with Crippen molar-refractivity contribution in [1.29, 1.82) is 0 Å². The molecule has 4 heteroatoms. The fraction of sp³-hybridized carbons (Fsp3) is 0.125. The molecule has 3 rings (SSSR count). The van der Waals surface area contributed by atoms with Gasteiger partial charge in [0.15, 0.2) is 0 Å². The summed E-state index contributed by atoms with van der Waals surface area (Å²) >= 11 is 5.91. The van der Waals surface area contributed by atoms with Crippen molar-refractivity contribution in [3.8, 4) is 0 Å². The van der Waals surface area contributed by atoms with Gasteiger partial charge in [0.2, 0.25) is 0 Å². The number of furan rings is 1. The Hall–Kier alpha value is -1.84. The fourth-order valence-corrected chi connectivity index (χ4v) is 2.48. The second-order valence-electron chi connectivity index (χ2n) is 4.62. The van der Waals surface area contributed by atoms with Crippen molar-refractivity contribution in [3.05, 3.63) is 70.7 Å². The molecule has 1 heterocycles. The highest BCUT2D eigenvalue weighted by Gasteiger charge is 2.17. The summed E-state index contributed by atoms with van der Waals surface area (Å²) in [4.78, 5) is 0. The van der Waals surface area contributed by atoms with Gasteiger partial charge in [0.05, 0.1) is 17.4 Å². The minimum Gasteiger partial charge on any atom is -0.464 e. The van der Waals surface area contributed by atoms with Gasteiger partial charge in [-0.2, -0.15) is 0 Å². The van der Waals surface area contributed by atoms with Gasteiger partial charge in [-0.25, -0.2) is 4.39 Å². The maximum Gasteiger partial charge on any atom is 0.142 e. The van der Waals surface area contributed by atoms with Gasteiger partial charge >= 0.3 is 0 Å². The van der Waals surface area contributed by atoms with Crippen LogP contribution in [0.4, 0.5) is 4.39 Å². The van der Waals surface area contributed by atoms with Gasteiger partial charge < -0.3 is 9.52 Å². The number of aliphatic hydroxyl groups excluding tert-OH is 1. The first-order chi connectivity index (χ1) is 9.66. The number of halogens is 2. The molecule has 1 N–H and O–H groups in total. The van der Waals surface area contributed by atoms with Gasteiger partial charge in [0.25, 0.3) is 0 Å². The number of fused-ring (bicyclic) bond motifs is 1. The summed E-state index contributed by atoms with van der Waals surface area (Å²) in [6.45, 7) is 0. The lowest BCUT2D eigenvalue weighted by Gasteiger charge is -2.11. The summed E-state index contributed by atoms with van der Waals surface area (Å²) in [6.07, 6.45) is 0.973. The Labute approximate surface area is 120 Å². The minimum absolute atomic E-state index is 0.0550. The Kier molecular flexibility index (Phi) is 3.47. The minimum atomic E-state index is -0.794. The summed E-state index contributed by atoms with van der Waals surface area (Å²) < 4.78 is 18.8. The normalized spacial score (nSPS) is 12.8. The Morgan fingerprint density at radius 3 is 2.80 bits per heavy atom. The molecule has 0 bridgehead atoms. The van der Waals surface area contributed by atoms with Crippen molar-refractivity contribution in [2.75, 3.05) is 0 Å². The van der Waals surface area contributed by atoms with Crippen LogP contribution in [0.15, 0.2) is 53.1 Å². The Bertz CT molecular complexity index is 751. The molecule has 1 unspecified atom stereocenters. The van der Waals surface area contributed by atoms with Crippen molar-refractivity contribution in [2.24, 2.45) is 0 Å². The van der Waals surface area contributed by atoms with Crippen LogP contribution >= 0.6 is 11.6 Å². The van der Waals surface area contributed by atoms with Gasteiger partial charge in [0.1, 0.15) is 11.4 Å². The first-order valence-corrected chi connectivity index (χ1v) is 6.61. The average Bonchev–Trinajstić information content (AvgIpc) is 2.88. The van der Waals surface area contributed by atoms with Crippen molar-refractivity contribution < 1.29 is 13.9 Å². The molecule has 0 fully saturated rings. The van der Waals surface area contributed by atoms with Gasteiger partial charge in [-0.05, 0) is 17.7 Å². The zero-order valence-electron chi connectivity index (χ0n) is 10.5. The molecule has 0 amide bonds. The molecule has 1 atom stereocenters. The van der Waals surface area contributed by atoms with Crippen LogP contribution in [0.2, 0.25) is 5.02 Å². The summed E-state index contributed by atoms with van der Waals surface area (Å²) in [7, 11) is 0. The van der Waals surface area contributed by atoms with Crippen LogP contribution in [0.1, 0.15) is 17.2 Å². The SMILES string of the molecule is OC(Cc1cccc(F)c1Cl)c1coc2ccccc12. The molecule has 2 aromatic carbocycles. The van der Waals surface area contributed by atoms with E-state index in [1.807, 2.05) is 24.3 Å². The highest BCUT2D eigenvalue weighted by atomic mass is 35.5. The summed E-state index contributed by atoms with van der Waals surface area (Å²) in [5, 5.41) is 11.2. The molecule has 0 radical (unpaired) electrons. The lowest BCUT2D eigenvalue weighted by Crippen LogP contribution is -2.02. The van der Waals surface area contributed by atoms with E-state index in [4.69, 9.17) is 16.0 Å². The van der Waals surface area contributed by atoms with E-state index in [0.29, 0.717) is 16.7 Å². The van der Waals surface area contributed by atoms with E-state index in [2.05, 4.69) is 0 Å². The van der Waals surface area contributed by atoms with E-state index in [9.17, 15) is 9.50 Å². The molecule has 0 spiro atoms. The lowest BCUT2D eigenvalue weighted by molar-refractivity contribution is 0.179. The van der Waals surface area contributed by atoms with E-state index in [1.165, 1.54) is 12.3 Å². The van der Waals surface area contributed by atoms with Gasteiger partial charge in [-0.15, -0.1) is 0 Å². The molecule has 102 valence electrons. The summed E-state index contributed by atoms with van der Waals surface area (Å²) in [6, 6.07) is 12.0. The van der Waals surface area contributed by atoms with E-state index in [1.54, 1.807) is 12.1 Å². The molecule has 0 aliphatic carbocycles. The van der Waals surface area contributed by atoms with Crippen LogP contribution in [0.3, 0.4) is 0 Å². The maximum absolute atomic E-state index is 13.4. The zero-order valence-corrected chi connectivity index (χ0v) is 11.3. The number of para-hydroxylation sites is 1. The highest BCUT2D eigenvalue weighted by molar-refractivity contribution is 6.31. The second kappa shape index (κ2) is 5.27. The van der Waals surface area contributed by atoms with Crippen LogP contribution in [0.25, 0.3) is 11.0 Å². The summed E-state index contributed by atoms with van der Waals surface area (Å²) in [5.41, 5.74) is 1.97. The monoisotopic (exact) mass is 290 g/mol. The number of hydrogen-bond donors (Lipinski definition) is 1. The highest BCUT2D eigenvalue weighted by Crippen LogP contribution is 2.30. The standard InChI is InChI=1S/C16H12ClFO2/c17-16-10(4-3-6-13(16)18)8-14(19)12-9-20-15-7-2-1-5-11(12)15/h1-7,9,14,19H,8H2. The number of rotatable bonds is 3. The fourth-order valence-electron chi connectivity index (χ4n) is 2.28. The van der Waals surface area contributed by atoms with Crippen LogP contribution in [-0.2, 0) is 6.42 Å². The molecular weight excluding hydrogens is 279 g/mol. The molecular formula is C16H12ClFO2. The zero-order chi connectivity index (χ0) is 14.1. The quantitative estimate of drug-likeness (QED) is 0.770. The van der Waals surface area contributed by atoms with Crippen molar-refractivity contribution in [2.45, 2.75) is 12.5 Å². The molecule has 0 saturated carbocycles. The van der Waals surface area contributed by atoms with Crippen molar-refractivity contribution in [1.82, 2.24) is 0 Å². The van der Waals surface area contributed by atoms with Crippen LogP contribution in [-0.4, -0.2) is 5.11 Å². The molecule has 0 saturated heterocycles. The Balaban J connectivity index is 1.93.